The number of nitrogens with one attached hydrogen (secondary N) is 1. The molecule has 1 aromatic heterocycles. The van der Waals surface area contributed by atoms with Gasteiger partial charge in [-0.3, -0.25) is 0 Å². The summed E-state index contributed by atoms with van der Waals surface area (Å²) in [5.74, 6) is 1.68. The van der Waals surface area contributed by atoms with E-state index >= 15 is 0 Å². The van der Waals surface area contributed by atoms with Crippen LogP contribution in [0.1, 0.15) is 33.4 Å². The Kier molecular flexibility index (Phi) is 6.39. The van der Waals surface area contributed by atoms with Crippen molar-refractivity contribution >= 4 is 17.9 Å². The minimum atomic E-state index is -0.475. The zero-order valence-corrected chi connectivity index (χ0v) is 13.8. The Morgan fingerprint density at radius 2 is 2.25 bits per heavy atom. The highest BCUT2D eigenvalue weighted by atomic mass is 32.2. The fraction of sp³-hybridized carbons (Fsp3) is 0.714. The van der Waals surface area contributed by atoms with Crippen LogP contribution >= 0.6 is 11.8 Å². The number of carbonyl (C=O) groups is 1. The summed E-state index contributed by atoms with van der Waals surface area (Å²) in [6, 6.07) is 0. The molecule has 114 valence electrons. The molecule has 1 heterocycles. The molecule has 1 N–H and O–H groups in total. The van der Waals surface area contributed by atoms with Crippen LogP contribution in [-0.4, -0.2) is 33.3 Å². The summed E-state index contributed by atoms with van der Waals surface area (Å²) < 4.78 is 7.29. The largest absolute Gasteiger partial charge is 0.444 e. The number of amides is 1. The standard InChI is InChI=1S/C14H25N3O2S/c1-11(9-20-5)8-17-10-15-6-12(17)7-16-13(18)19-14(2,3)4/h6,10-11H,7-9H2,1-5H3,(H,16,18). The number of hydrogen-bond donors (Lipinski definition) is 1. The Balaban J connectivity index is 2.49. The van der Waals surface area contributed by atoms with E-state index in [9.17, 15) is 4.79 Å². The van der Waals surface area contributed by atoms with Gasteiger partial charge < -0.3 is 14.6 Å². The average molecular weight is 299 g/mol. The highest BCUT2D eigenvalue weighted by Gasteiger charge is 2.16. The van der Waals surface area contributed by atoms with Crippen LogP contribution in [0.4, 0.5) is 4.79 Å². The summed E-state index contributed by atoms with van der Waals surface area (Å²) in [7, 11) is 0. The smallest absolute Gasteiger partial charge is 0.407 e. The lowest BCUT2D eigenvalue weighted by atomic mass is 10.2. The molecule has 0 aliphatic rings. The SMILES string of the molecule is CSCC(C)Cn1cncc1CNC(=O)OC(C)(C)C. The highest BCUT2D eigenvalue weighted by molar-refractivity contribution is 7.98. The third-order valence-corrected chi connectivity index (χ3v) is 3.47. The molecular weight excluding hydrogens is 274 g/mol. The summed E-state index contributed by atoms with van der Waals surface area (Å²) in [5, 5.41) is 2.76. The van der Waals surface area contributed by atoms with Gasteiger partial charge >= 0.3 is 6.09 Å². The van der Waals surface area contributed by atoms with Crippen LogP contribution in [-0.2, 0) is 17.8 Å². The highest BCUT2D eigenvalue weighted by Crippen LogP contribution is 2.10. The van der Waals surface area contributed by atoms with Gasteiger partial charge in [0.2, 0.25) is 0 Å². The molecule has 0 aromatic carbocycles. The van der Waals surface area contributed by atoms with Crippen molar-refractivity contribution in [3.63, 3.8) is 0 Å². The molecule has 0 radical (unpaired) electrons. The van der Waals surface area contributed by atoms with Crippen LogP contribution in [0, 0.1) is 5.92 Å². The molecule has 0 saturated heterocycles. The van der Waals surface area contributed by atoms with Gasteiger partial charge in [0, 0.05) is 12.7 Å². The van der Waals surface area contributed by atoms with Gasteiger partial charge in [-0.2, -0.15) is 11.8 Å². The number of aromatic nitrogens is 2. The molecule has 0 saturated carbocycles. The number of thioether (sulfide) groups is 1. The normalized spacial score (nSPS) is 13.1. The number of hydrogen-bond acceptors (Lipinski definition) is 4. The zero-order valence-electron chi connectivity index (χ0n) is 13.0. The van der Waals surface area contributed by atoms with Crippen LogP contribution in [0.3, 0.4) is 0 Å². The lowest BCUT2D eigenvalue weighted by Crippen LogP contribution is -2.32. The molecule has 1 unspecified atom stereocenters. The first-order valence-corrected chi connectivity index (χ1v) is 8.16. The van der Waals surface area contributed by atoms with Crippen molar-refractivity contribution in [2.24, 2.45) is 5.92 Å². The number of carbonyl (C=O) groups excluding carboxylic acids is 1. The minimum absolute atomic E-state index is 0.401. The molecule has 0 aliphatic carbocycles. The van der Waals surface area contributed by atoms with Gasteiger partial charge in [-0.1, -0.05) is 6.92 Å². The van der Waals surface area contributed by atoms with E-state index in [4.69, 9.17) is 4.74 Å². The monoisotopic (exact) mass is 299 g/mol. The minimum Gasteiger partial charge on any atom is -0.444 e. The third kappa shape index (κ3) is 6.32. The zero-order chi connectivity index (χ0) is 15.2. The van der Waals surface area contributed by atoms with Crippen molar-refractivity contribution in [3.05, 3.63) is 18.2 Å². The fourth-order valence-electron chi connectivity index (χ4n) is 1.81. The van der Waals surface area contributed by atoms with Crippen molar-refractivity contribution < 1.29 is 9.53 Å². The first-order chi connectivity index (χ1) is 9.31. The van der Waals surface area contributed by atoms with Crippen molar-refractivity contribution in [3.8, 4) is 0 Å². The number of alkyl carbamates (subject to hydrolysis) is 1. The maximum atomic E-state index is 11.6. The second-order valence-corrected chi connectivity index (χ2v) is 6.86. The van der Waals surface area contributed by atoms with Gasteiger partial charge in [-0.25, -0.2) is 9.78 Å². The Morgan fingerprint density at radius 1 is 1.55 bits per heavy atom. The van der Waals surface area contributed by atoms with Crippen LogP contribution in [0.25, 0.3) is 0 Å². The number of ether oxygens (including phenoxy) is 1. The molecule has 20 heavy (non-hydrogen) atoms. The molecule has 0 spiro atoms. The van der Waals surface area contributed by atoms with E-state index in [-0.39, 0.29) is 0 Å². The van der Waals surface area contributed by atoms with E-state index in [1.54, 1.807) is 6.20 Å². The molecule has 1 atom stereocenters. The van der Waals surface area contributed by atoms with E-state index in [1.165, 1.54) is 0 Å². The lowest BCUT2D eigenvalue weighted by Gasteiger charge is -2.20. The topological polar surface area (TPSA) is 56.2 Å². The quantitative estimate of drug-likeness (QED) is 0.877. The van der Waals surface area contributed by atoms with Crippen LogP contribution in [0.15, 0.2) is 12.5 Å². The molecule has 5 nitrogen and oxygen atoms in total. The summed E-state index contributed by atoms with van der Waals surface area (Å²) in [5.41, 5.74) is 0.515. The van der Waals surface area contributed by atoms with Gasteiger partial charge in [-0.15, -0.1) is 0 Å². The van der Waals surface area contributed by atoms with Crippen molar-refractivity contribution in [2.75, 3.05) is 12.0 Å². The Hall–Kier alpha value is -1.17. The first-order valence-electron chi connectivity index (χ1n) is 6.76. The molecular formula is C14H25N3O2S. The maximum absolute atomic E-state index is 11.6. The van der Waals surface area contributed by atoms with Gasteiger partial charge in [0.05, 0.1) is 18.6 Å². The molecule has 0 bridgehead atoms. The first kappa shape index (κ1) is 16.9. The summed E-state index contributed by atoms with van der Waals surface area (Å²) in [4.78, 5) is 15.8. The average Bonchev–Trinajstić information content (AvgIpc) is 2.71. The second-order valence-electron chi connectivity index (χ2n) is 5.95. The van der Waals surface area contributed by atoms with Crippen molar-refractivity contribution in [1.82, 2.24) is 14.9 Å². The van der Waals surface area contributed by atoms with Crippen LogP contribution < -0.4 is 5.32 Å². The third-order valence-electron chi connectivity index (χ3n) is 2.57. The Bertz CT molecular complexity index is 426. The number of imidazole rings is 1. The van der Waals surface area contributed by atoms with E-state index in [1.807, 2.05) is 38.9 Å². The van der Waals surface area contributed by atoms with Gasteiger partial charge in [0.25, 0.3) is 0 Å². The molecule has 1 rings (SSSR count). The Labute approximate surface area is 125 Å². The molecule has 6 heteroatoms. The number of nitrogens with zero attached hydrogens (tertiary/aromatic N) is 2. The van der Waals surface area contributed by atoms with E-state index in [0.717, 1.165) is 18.0 Å². The van der Waals surface area contributed by atoms with Crippen LogP contribution in [0.2, 0.25) is 0 Å². The van der Waals surface area contributed by atoms with E-state index < -0.39 is 11.7 Å². The predicted molar refractivity (Wildman–Crippen MR) is 82.8 cm³/mol. The van der Waals surface area contributed by atoms with E-state index in [2.05, 4.69) is 28.0 Å². The molecule has 0 fully saturated rings. The molecule has 1 aromatic rings. The maximum Gasteiger partial charge on any atom is 0.407 e. The van der Waals surface area contributed by atoms with Crippen LogP contribution in [0.5, 0.6) is 0 Å². The summed E-state index contributed by atoms with van der Waals surface area (Å²) >= 11 is 1.84. The van der Waals surface area contributed by atoms with Gasteiger partial charge in [-0.05, 0) is 38.7 Å². The van der Waals surface area contributed by atoms with Crippen molar-refractivity contribution in [1.29, 1.82) is 0 Å². The van der Waals surface area contributed by atoms with E-state index in [0.29, 0.717) is 12.5 Å². The molecule has 1 amide bonds. The fourth-order valence-corrected chi connectivity index (χ4v) is 2.48. The lowest BCUT2D eigenvalue weighted by molar-refractivity contribution is 0.0522. The number of rotatable bonds is 6. The van der Waals surface area contributed by atoms with Crippen molar-refractivity contribution in [2.45, 2.75) is 46.4 Å². The molecule has 0 aliphatic heterocycles. The van der Waals surface area contributed by atoms with Gasteiger partial charge in [0.15, 0.2) is 0 Å². The van der Waals surface area contributed by atoms with Gasteiger partial charge in [0.1, 0.15) is 5.60 Å². The summed E-state index contributed by atoms with van der Waals surface area (Å²) in [6.45, 7) is 9.09. The second kappa shape index (κ2) is 7.57. The predicted octanol–water partition coefficient (Wildman–Crippen LogP) is 2.91. The Morgan fingerprint density at radius 3 is 2.85 bits per heavy atom. The summed E-state index contributed by atoms with van der Waals surface area (Å²) in [6.07, 6.45) is 5.30.